The Morgan fingerprint density at radius 1 is 1.24 bits per heavy atom. The van der Waals surface area contributed by atoms with Crippen LogP contribution in [0.3, 0.4) is 0 Å². The first-order valence-electron chi connectivity index (χ1n) is 12.0. The summed E-state index contributed by atoms with van der Waals surface area (Å²) in [5.41, 5.74) is 4.38. The molecule has 3 aromatic rings. The van der Waals surface area contributed by atoms with Gasteiger partial charge < -0.3 is 30.8 Å². The fourth-order valence-electron chi connectivity index (χ4n) is 4.26. The molecule has 4 rings (SSSR count). The Kier molecular flexibility index (Phi) is 8.78. The molecular formula is C26H30Cl2N8O2. The number of aliphatic hydroxyl groups excluding tert-OH is 1. The zero-order valence-electron chi connectivity index (χ0n) is 21.6. The van der Waals surface area contributed by atoms with Crippen molar-refractivity contribution in [3.8, 4) is 17.1 Å². The van der Waals surface area contributed by atoms with E-state index in [1.54, 1.807) is 32.3 Å². The molecule has 200 valence electrons. The number of nitrogens with one attached hydrogen (secondary N) is 3. The van der Waals surface area contributed by atoms with Crippen LogP contribution < -0.4 is 20.3 Å². The van der Waals surface area contributed by atoms with Crippen LogP contribution in [0.2, 0.25) is 5.02 Å². The molecule has 1 aliphatic rings. The molecule has 0 spiro atoms. The molecule has 12 heteroatoms. The van der Waals surface area contributed by atoms with E-state index in [2.05, 4.69) is 25.5 Å². The highest BCUT2D eigenvalue weighted by molar-refractivity contribution is 6.42. The SMILES string of the molecule is CNC[C@@H](O)COc1ccc(Cl)c(-c2nc(/C(NC)=C(\Cl)C=N)c(C)c(N3Cc4cnc(C)nc4C3)n2)c1. The minimum Gasteiger partial charge on any atom is -0.491 e. The molecule has 0 saturated carbocycles. The molecule has 1 aromatic carbocycles. The largest absolute Gasteiger partial charge is 0.491 e. The molecular weight excluding hydrogens is 527 g/mol. The maximum absolute atomic E-state index is 10.0. The van der Waals surface area contributed by atoms with Gasteiger partial charge in [-0.1, -0.05) is 23.2 Å². The maximum Gasteiger partial charge on any atom is 0.163 e. The van der Waals surface area contributed by atoms with E-state index >= 15 is 0 Å². The van der Waals surface area contributed by atoms with E-state index in [-0.39, 0.29) is 11.6 Å². The summed E-state index contributed by atoms with van der Waals surface area (Å²) in [7, 11) is 3.49. The van der Waals surface area contributed by atoms with Gasteiger partial charge in [0.05, 0.1) is 33.7 Å². The summed E-state index contributed by atoms with van der Waals surface area (Å²) >= 11 is 13.0. The number of hydrogen-bond acceptors (Lipinski definition) is 10. The van der Waals surface area contributed by atoms with E-state index in [1.165, 1.54) is 0 Å². The Morgan fingerprint density at radius 3 is 2.74 bits per heavy atom. The molecule has 1 atom stereocenters. The number of anilines is 1. The highest BCUT2D eigenvalue weighted by atomic mass is 35.5. The highest BCUT2D eigenvalue weighted by Crippen LogP contribution is 2.36. The lowest BCUT2D eigenvalue weighted by Gasteiger charge is -2.22. The van der Waals surface area contributed by atoms with E-state index in [4.69, 9.17) is 43.3 Å². The molecule has 3 heterocycles. The van der Waals surface area contributed by atoms with Crippen LogP contribution in [0.1, 0.15) is 28.3 Å². The number of benzene rings is 1. The van der Waals surface area contributed by atoms with Crippen molar-refractivity contribution in [3.63, 3.8) is 0 Å². The molecule has 0 fully saturated rings. The smallest absolute Gasteiger partial charge is 0.163 e. The summed E-state index contributed by atoms with van der Waals surface area (Å²) in [6, 6.07) is 5.20. The van der Waals surface area contributed by atoms with Crippen LogP contribution in [0.4, 0.5) is 5.82 Å². The predicted octanol–water partition coefficient (Wildman–Crippen LogP) is 3.46. The van der Waals surface area contributed by atoms with Crippen molar-refractivity contribution >= 4 is 40.9 Å². The molecule has 2 aromatic heterocycles. The summed E-state index contributed by atoms with van der Waals surface area (Å²) in [6.07, 6.45) is 2.25. The standard InChI is InChI=1S/C26H30Cl2N8O2/c1-14-23(24(31-4)21(28)8-29)34-25(19-7-18(5-6-20(19)27)38-13-17(37)10-30-3)35-26(14)36-11-16-9-32-15(2)33-22(16)12-36/h5-9,17,29-31,37H,10-13H2,1-4H3/b24-21+,29-8?/t17-/m1/s1. The van der Waals surface area contributed by atoms with Gasteiger partial charge in [-0.2, -0.15) is 0 Å². The van der Waals surface area contributed by atoms with Gasteiger partial charge in [0.1, 0.15) is 30.1 Å². The third-order valence-corrected chi connectivity index (χ3v) is 6.74. The van der Waals surface area contributed by atoms with E-state index < -0.39 is 6.10 Å². The fraction of sp³-hybridized carbons (Fsp3) is 0.346. The number of nitrogens with zero attached hydrogens (tertiary/aromatic N) is 5. The second-order valence-electron chi connectivity index (χ2n) is 8.87. The Balaban J connectivity index is 1.82. The van der Waals surface area contributed by atoms with Crippen molar-refractivity contribution in [2.75, 3.05) is 32.1 Å². The van der Waals surface area contributed by atoms with E-state index in [9.17, 15) is 5.11 Å². The van der Waals surface area contributed by atoms with Crippen LogP contribution in [-0.2, 0) is 13.1 Å². The lowest BCUT2D eigenvalue weighted by molar-refractivity contribution is 0.108. The van der Waals surface area contributed by atoms with Gasteiger partial charge in [-0.15, -0.1) is 0 Å². The topological polar surface area (TPSA) is 132 Å². The molecule has 10 nitrogen and oxygen atoms in total. The van der Waals surface area contributed by atoms with E-state index in [0.717, 1.165) is 23.0 Å². The first-order valence-corrected chi connectivity index (χ1v) is 12.8. The van der Waals surface area contributed by atoms with Crippen LogP contribution in [-0.4, -0.2) is 64.6 Å². The van der Waals surface area contributed by atoms with Gasteiger partial charge in [-0.25, -0.2) is 19.9 Å². The predicted molar refractivity (Wildman–Crippen MR) is 150 cm³/mol. The second kappa shape index (κ2) is 12.0. The highest BCUT2D eigenvalue weighted by Gasteiger charge is 2.27. The quantitative estimate of drug-likeness (QED) is 0.277. The van der Waals surface area contributed by atoms with E-state index in [0.29, 0.717) is 64.8 Å². The van der Waals surface area contributed by atoms with Gasteiger partial charge >= 0.3 is 0 Å². The van der Waals surface area contributed by atoms with Crippen molar-refractivity contribution < 1.29 is 9.84 Å². The Hall–Kier alpha value is -3.31. The third kappa shape index (κ3) is 5.88. The molecule has 0 saturated heterocycles. The molecule has 0 aliphatic carbocycles. The summed E-state index contributed by atoms with van der Waals surface area (Å²) in [4.78, 5) is 20.8. The Labute approximate surface area is 231 Å². The molecule has 38 heavy (non-hydrogen) atoms. The van der Waals surface area contributed by atoms with Gasteiger partial charge in [0.25, 0.3) is 0 Å². The number of likely N-dealkylation sites (N-methyl/N-ethyl adjacent to an activating group) is 1. The van der Waals surface area contributed by atoms with E-state index in [1.807, 2.05) is 20.0 Å². The number of aliphatic hydroxyl groups is 1. The first-order chi connectivity index (χ1) is 18.2. The Bertz CT molecular complexity index is 1380. The number of hydrogen-bond donors (Lipinski definition) is 4. The fourth-order valence-corrected chi connectivity index (χ4v) is 4.64. The number of aryl methyl sites for hydroxylation is 1. The molecule has 0 unspecified atom stereocenters. The number of fused-ring (bicyclic) bond motifs is 1. The third-order valence-electron chi connectivity index (χ3n) is 6.11. The zero-order valence-corrected chi connectivity index (χ0v) is 23.2. The average Bonchev–Trinajstić information content (AvgIpc) is 3.32. The minimum absolute atomic E-state index is 0.112. The van der Waals surface area contributed by atoms with Crippen LogP contribution in [0.5, 0.6) is 5.75 Å². The van der Waals surface area contributed by atoms with Gasteiger partial charge in [0, 0.05) is 49.2 Å². The van der Waals surface area contributed by atoms with Crippen LogP contribution in [0.25, 0.3) is 17.1 Å². The van der Waals surface area contributed by atoms with Crippen molar-refractivity contribution in [3.05, 3.63) is 62.8 Å². The summed E-state index contributed by atoms with van der Waals surface area (Å²) in [5.74, 6) is 2.29. The van der Waals surface area contributed by atoms with Crippen molar-refractivity contribution in [1.29, 1.82) is 5.41 Å². The number of ether oxygens (including phenoxy) is 1. The van der Waals surface area contributed by atoms with Gasteiger partial charge in [-0.3, -0.25) is 0 Å². The summed E-state index contributed by atoms with van der Waals surface area (Å²) in [5, 5.41) is 24.4. The second-order valence-corrected chi connectivity index (χ2v) is 9.69. The molecule has 0 bridgehead atoms. The minimum atomic E-state index is -0.664. The number of rotatable bonds is 10. The summed E-state index contributed by atoms with van der Waals surface area (Å²) < 4.78 is 5.80. The van der Waals surface area contributed by atoms with Crippen molar-refractivity contribution in [2.24, 2.45) is 0 Å². The van der Waals surface area contributed by atoms with Crippen molar-refractivity contribution in [1.82, 2.24) is 30.6 Å². The normalized spacial score (nSPS) is 14.1. The lowest BCUT2D eigenvalue weighted by atomic mass is 10.1. The van der Waals surface area contributed by atoms with Gasteiger partial charge in [0.15, 0.2) is 5.82 Å². The Morgan fingerprint density at radius 2 is 2.03 bits per heavy atom. The zero-order chi connectivity index (χ0) is 27.4. The lowest BCUT2D eigenvalue weighted by Crippen LogP contribution is -2.29. The van der Waals surface area contributed by atoms with Gasteiger partial charge in [0.2, 0.25) is 0 Å². The van der Waals surface area contributed by atoms with Crippen LogP contribution >= 0.6 is 23.2 Å². The molecule has 4 N–H and O–H groups in total. The molecule has 1 aliphatic heterocycles. The number of halogens is 2. The number of aromatic nitrogens is 4. The molecule has 0 radical (unpaired) electrons. The summed E-state index contributed by atoms with van der Waals surface area (Å²) in [6.45, 7) is 5.46. The maximum atomic E-state index is 10.0. The number of allylic oxidation sites excluding steroid dienone is 1. The monoisotopic (exact) mass is 556 g/mol. The van der Waals surface area contributed by atoms with Crippen molar-refractivity contribution in [2.45, 2.75) is 33.0 Å². The van der Waals surface area contributed by atoms with Crippen LogP contribution in [0, 0.1) is 19.3 Å². The first kappa shape index (κ1) is 27.7. The van der Waals surface area contributed by atoms with Crippen LogP contribution in [0.15, 0.2) is 29.4 Å². The van der Waals surface area contributed by atoms with Gasteiger partial charge in [-0.05, 0) is 39.1 Å². The average molecular weight is 557 g/mol. The molecule has 0 amide bonds.